The highest BCUT2D eigenvalue weighted by atomic mass is 16.6. The Morgan fingerprint density at radius 2 is 1.72 bits per heavy atom. The summed E-state index contributed by atoms with van der Waals surface area (Å²) in [6, 6.07) is -0.614. The van der Waals surface area contributed by atoms with E-state index in [0.29, 0.717) is 13.0 Å². The van der Waals surface area contributed by atoms with Crippen LogP contribution in [0.25, 0.3) is 0 Å². The molecule has 2 rings (SSSR count). The van der Waals surface area contributed by atoms with E-state index in [2.05, 4.69) is 0 Å². The number of carbonyl (C=O) groups is 3. The molecule has 0 aromatic carbocycles. The lowest BCUT2D eigenvalue weighted by Crippen LogP contribution is -2.53. The number of carbonyl (C=O) groups excluding carboxylic acids is 3. The van der Waals surface area contributed by atoms with Gasteiger partial charge in [0, 0.05) is 24.5 Å². The first-order chi connectivity index (χ1) is 11.4. The minimum absolute atomic E-state index is 0.0954. The molecule has 0 spiro atoms. The molecule has 0 bridgehead atoms. The molecule has 25 heavy (non-hydrogen) atoms. The van der Waals surface area contributed by atoms with Crippen LogP contribution in [0.4, 0.5) is 4.79 Å². The topological polar surface area (TPSA) is 76.2 Å². The summed E-state index contributed by atoms with van der Waals surface area (Å²) in [5.74, 6) is -1.01. The van der Waals surface area contributed by atoms with Crippen LogP contribution in [-0.2, 0) is 19.1 Å². The van der Waals surface area contributed by atoms with Crippen LogP contribution < -0.4 is 0 Å². The number of hydrogen-bond acceptors (Lipinski definition) is 5. The maximum absolute atomic E-state index is 13.1. The standard InChI is InChI=1S/C18H30N2O5/c1-17(2,3)20-13(15(22)25-18(4,5)6)11-8-9-19(16(23)24-7)10-12(11)14(20)21/h11-13H,8-10H2,1-7H3/t11-,12+,13+/m0/s1. The first-order valence-electron chi connectivity index (χ1n) is 8.75. The lowest BCUT2D eigenvalue weighted by Gasteiger charge is -2.38. The fourth-order valence-corrected chi connectivity index (χ4v) is 3.80. The molecule has 7 heteroatoms. The zero-order valence-corrected chi connectivity index (χ0v) is 16.3. The van der Waals surface area contributed by atoms with Crippen LogP contribution in [-0.4, -0.2) is 65.2 Å². The van der Waals surface area contributed by atoms with Crippen molar-refractivity contribution in [2.24, 2.45) is 11.8 Å². The summed E-state index contributed by atoms with van der Waals surface area (Å²) in [6.07, 6.45) is 0.136. The zero-order chi connectivity index (χ0) is 19.2. The Kier molecular flexibility index (Phi) is 5.08. The number of rotatable bonds is 1. The summed E-state index contributed by atoms with van der Waals surface area (Å²) < 4.78 is 10.4. The summed E-state index contributed by atoms with van der Waals surface area (Å²) in [4.78, 5) is 41.0. The van der Waals surface area contributed by atoms with Gasteiger partial charge in [-0.25, -0.2) is 9.59 Å². The summed E-state index contributed by atoms with van der Waals surface area (Å²) >= 11 is 0. The van der Waals surface area contributed by atoms with Gasteiger partial charge in [-0.05, 0) is 48.0 Å². The van der Waals surface area contributed by atoms with Crippen molar-refractivity contribution in [2.45, 2.75) is 65.1 Å². The average Bonchev–Trinajstić information content (AvgIpc) is 2.77. The third-order valence-electron chi connectivity index (χ3n) is 4.71. The SMILES string of the molecule is COC(=O)N1CC[C@H]2[C@@H](C1)C(=O)N(C(C)(C)C)[C@H]2C(=O)OC(C)(C)C. The Morgan fingerprint density at radius 3 is 2.20 bits per heavy atom. The van der Waals surface area contributed by atoms with Crippen LogP contribution in [0.1, 0.15) is 48.0 Å². The van der Waals surface area contributed by atoms with Gasteiger partial charge in [0.25, 0.3) is 0 Å². The van der Waals surface area contributed by atoms with E-state index in [9.17, 15) is 14.4 Å². The highest BCUT2D eigenvalue weighted by Gasteiger charge is 2.57. The number of methoxy groups -OCH3 is 1. The van der Waals surface area contributed by atoms with Gasteiger partial charge in [0.15, 0.2) is 0 Å². The van der Waals surface area contributed by atoms with E-state index in [-0.39, 0.29) is 24.3 Å². The van der Waals surface area contributed by atoms with Gasteiger partial charge in [-0.1, -0.05) is 0 Å². The van der Waals surface area contributed by atoms with Crippen molar-refractivity contribution in [2.75, 3.05) is 20.2 Å². The van der Waals surface area contributed by atoms with Crippen molar-refractivity contribution in [3.05, 3.63) is 0 Å². The molecule has 2 saturated heterocycles. The van der Waals surface area contributed by atoms with Crippen molar-refractivity contribution >= 4 is 18.0 Å². The fourth-order valence-electron chi connectivity index (χ4n) is 3.80. The van der Waals surface area contributed by atoms with Gasteiger partial charge >= 0.3 is 12.1 Å². The third-order valence-corrected chi connectivity index (χ3v) is 4.71. The molecule has 2 heterocycles. The first kappa shape index (κ1) is 19.5. The molecule has 2 aliphatic rings. The highest BCUT2D eigenvalue weighted by Crippen LogP contribution is 2.41. The maximum Gasteiger partial charge on any atom is 0.409 e. The predicted molar refractivity (Wildman–Crippen MR) is 91.8 cm³/mol. The number of amides is 2. The Morgan fingerprint density at radius 1 is 1.12 bits per heavy atom. The van der Waals surface area contributed by atoms with Gasteiger partial charge in [0.1, 0.15) is 11.6 Å². The first-order valence-corrected chi connectivity index (χ1v) is 8.75. The van der Waals surface area contributed by atoms with Crippen molar-refractivity contribution in [1.29, 1.82) is 0 Å². The van der Waals surface area contributed by atoms with Gasteiger partial charge < -0.3 is 19.3 Å². The smallest absolute Gasteiger partial charge is 0.409 e. The van der Waals surface area contributed by atoms with E-state index < -0.39 is 29.2 Å². The molecule has 3 atom stereocenters. The maximum atomic E-state index is 13.1. The van der Waals surface area contributed by atoms with E-state index in [1.54, 1.807) is 4.90 Å². The molecule has 0 N–H and O–H groups in total. The Hall–Kier alpha value is -1.79. The molecule has 2 amide bonds. The van der Waals surface area contributed by atoms with Crippen LogP contribution in [0.3, 0.4) is 0 Å². The summed E-state index contributed by atoms with van der Waals surface area (Å²) in [6.45, 7) is 12.0. The van der Waals surface area contributed by atoms with E-state index in [1.807, 2.05) is 41.5 Å². The van der Waals surface area contributed by atoms with Crippen molar-refractivity contribution < 1.29 is 23.9 Å². The lowest BCUT2D eigenvalue weighted by atomic mass is 9.83. The van der Waals surface area contributed by atoms with Gasteiger partial charge in [0.2, 0.25) is 5.91 Å². The Balaban J connectivity index is 2.32. The summed E-state index contributed by atoms with van der Waals surface area (Å²) in [5, 5.41) is 0. The second kappa shape index (κ2) is 6.50. The largest absolute Gasteiger partial charge is 0.458 e. The fraction of sp³-hybridized carbons (Fsp3) is 0.833. The van der Waals surface area contributed by atoms with Crippen LogP contribution in [0.15, 0.2) is 0 Å². The Labute approximate surface area is 149 Å². The van der Waals surface area contributed by atoms with E-state index in [1.165, 1.54) is 12.0 Å². The molecule has 0 unspecified atom stereocenters. The van der Waals surface area contributed by atoms with Crippen LogP contribution >= 0.6 is 0 Å². The number of nitrogens with zero attached hydrogens (tertiary/aromatic N) is 2. The molecule has 142 valence electrons. The number of esters is 1. The van der Waals surface area contributed by atoms with E-state index in [0.717, 1.165) is 0 Å². The molecule has 2 fully saturated rings. The summed E-state index contributed by atoms with van der Waals surface area (Å²) in [5.41, 5.74) is -1.12. The molecular weight excluding hydrogens is 324 g/mol. The summed E-state index contributed by atoms with van der Waals surface area (Å²) in [7, 11) is 1.33. The van der Waals surface area contributed by atoms with Gasteiger partial charge in [0.05, 0.1) is 13.0 Å². The molecule has 0 aromatic rings. The van der Waals surface area contributed by atoms with Crippen molar-refractivity contribution in [3.8, 4) is 0 Å². The normalized spacial score (nSPS) is 27.2. The second-order valence-electron chi connectivity index (χ2n) is 8.83. The highest BCUT2D eigenvalue weighted by molar-refractivity contribution is 5.92. The van der Waals surface area contributed by atoms with E-state index >= 15 is 0 Å². The molecule has 0 radical (unpaired) electrons. The quantitative estimate of drug-likeness (QED) is 0.674. The van der Waals surface area contributed by atoms with Crippen molar-refractivity contribution in [1.82, 2.24) is 9.80 Å². The van der Waals surface area contributed by atoms with Gasteiger partial charge in [-0.15, -0.1) is 0 Å². The van der Waals surface area contributed by atoms with E-state index in [4.69, 9.17) is 9.47 Å². The lowest BCUT2D eigenvalue weighted by molar-refractivity contribution is -0.166. The van der Waals surface area contributed by atoms with Crippen LogP contribution in [0.5, 0.6) is 0 Å². The predicted octanol–water partition coefficient (Wildman–Crippen LogP) is 2.04. The molecule has 7 nitrogen and oxygen atoms in total. The molecule has 0 saturated carbocycles. The minimum Gasteiger partial charge on any atom is -0.458 e. The minimum atomic E-state index is -0.617. The number of fused-ring (bicyclic) bond motifs is 1. The molecule has 2 aliphatic heterocycles. The van der Waals surface area contributed by atoms with Gasteiger partial charge in [-0.3, -0.25) is 4.79 Å². The molecular formula is C18H30N2O5. The monoisotopic (exact) mass is 354 g/mol. The molecule has 0 aliphatic carbocycles. The average molecular weight is 354 g/mol. The zero-order valence-electron chi connectivity index (χ0n) is 16.3. The number of piperidine rings is 1. The van der Waals surface area contributed by atoms with Crippen molar-refractivity contribution in [3.63, 3.8) is 0 Å². The molecule has 0 aromatic heterocycles. The van der Waals surface area contributed by atoms with Gasteiger partial charge in [-0.2, -0.15) is 0 Å². The Bertz CT molecular complexity index is 561. The third kappa shape index (κ3) is 3.90. The number of ether oxygens (including phenoxy) is 2. The van der Waals surface area contributed by atoms with Crippen LogP contribution in [0, 0.1) is 11.8 Å². The number of hydrogen-bond donors (Lipinski definition) is 0. The number of likely N-dealkylation sites (tertiary alicyclic amines) is 2. The van der Waals surface area contributed by atoms with Crippen LogP contribution in [0.2, 0.25) is 0 Å². The second-order valence-corrected chi connectivity index (χ2v) is 8.83.